The fourth-order valence-electron chi connectivity index (χ4n) is 2.38. The molecule has 1 unspecified atom stereocenters. The molecule has 0 aromatic carbocycles. The van der Waals surface area contributed by atoms with E-state index in [4.69, 9.17) is 9.05 Å². The van der Waals surface area contributed by atoms with Crippen molar-refractivity contribution in [3.63, 3.8) is 0 Å². The molecule has 2 heterocycles. The van der Waals surface area contributed by atoms with E-state index < -0.39 is 22.0 Å². The van der Waals surface area contributed by atoms with Crippen molar-refractivity contribution in [1.29, 1.82) is 0 Å². The quantitative estimate of drug-likeness (QED) is 0.762. The van der Waals surface area contributed by atoms with Crippen molar-refractivity contribution >= 4 is 21.7 Å². The van der Waals surface area contributed by atoms with Crippen molar-refractivity contribution < 1.29 is 22.3 Å². The van der Waals surface area contributed by atoms with Gasteiger partial charge < -0.3 is 14.4 Å². The van der Waals surface area contributed by atoms with E-state index in [-0.39, 0.29) is 28.1 Å². The first-order valence-electron chi connectivity index (χ1n) is 7.85. The Labute approximate surface area is 146 Å². The first kappa shape index (κ1) is 19.1. The van der Waals surface area contributed by atoms with Crippen LogP contribution in [0.1, 0.15) is 37.5 Å². The first-order valence-corrected chi connectivity index (χ1v) is 9.33. The number of carbonyl (C=O) groups excluding carboxylic acids is 1. The number of sulfonamides is 1. The highest BCUT2D eigenvalue weighted by molar-refractivity contribution is 7.89. The number of amides is 1. The maximum absolute atomic E-state index is 12.7. The van der Waals surface area contributed by atoms with Crippen molar-refractivity contribution in [3.8, 4) is 0 Å². The van der Waals surface area contributed by atoms with Crippen LogP contribution in [0.25, 0.3) is 0 Å². The number of rotatable bonds is 7. The van der Waals surface area contributed by atoms with E-state index in [0.29, 0.717) is 12.2 Å². The van der Waals surface area contributed by atoms with Gasteiger partial charge in [0.2, 0.25) is 15.9 Å². The van der Waals surface area contributed by atoms with Gasteiger partial charge in [0.15, 0.2) is 11.6 Å². The summed E-state index contributed by atoms with van der Waals surface area (Å²) in [6.45, 7) is 8.38. The summed E-state index contributed by atoms with van der Waals surface area (Å²) in [6.07, 6.45) is 0.597. The maximum Gasteiger partial charge on any atom is 0.246 e. The Hall–Kier alpha value is -2.20. The molecule has 0 aliphatic carbocycles. The summed E-state index contributed by atoms with van der Waals surface area (Å²) >= 11 is 0. The summed E-state index contributed by atoms with van der Waals surface area (Å²) in [5.74, 6) is 0.167. The van der Waals surface area contributed by atoms with Gasteiger partial charge in [-0.25, -0.2) is 8.42 Å². The van der Waals surface area contributed by atoms with Gasteiger partial charge in [0.1, 0.15) is 22.4 Å². The number of hydrogen-bond donors (Lipinski definition) is 2. The average molecular weight is 370 g/mol. The van der Waals surface area contributed by atoms with Crippen LogP contribution in [0.3, 0.4) is 0 Å². The zero-order valence-corrected chi connectivity index (χ0v) is 15.6. The first-order chi connectivity index (χ1) is 11.7. The van der Waals surface area contributed by atoms with Crippen LogP contribution in [0.15, 0.2) is 20.0 Å². The monoisotopic (exact) mass is 370 g/mol. The molecule has 2 aromatic heterocycles. The lowest BCUT2D eigenvalue weighted by atomic mass is 9.99. The molecule has 2 rings (SSSR count). The molecule has 138 valence electrons. The van der Waals surface area contributed by atoms with Crippen LogP contribution in [0.5, 0.6) is 0 Å². The van der Waals surface area contributed by atoms with Crippen LogP contribution in [-0.4, -0.2) is 30.7 Å². The van der Waals surface area contributed by atoms with Gasteiger partial charge in [-0.2, -0.15) is 4.72 Å². The Morgan fingerprint density at radius 1 is 1.24 bits per heavy atom. The van der Waals surface area contributed by atoms with E-state index in [2.05, 4.69) is 20.4 Å². The van der Waals surface area contributed by atoms with Gasteiger partial charge in [-0.1, -0.05) is 30.6 Å². The number of anilines is 1. The number of aryl methyl sites for hydroxylation is 3. The number of hydrogen-bond acceptors (Lipinski definition) is 7. The Balaban J connectivity index is 2.27. The van der Waals surface area contributed by atoms with Gasteiger partial charge in [0.05, 0.1) is 0 Å². The summed E-state index contributed by atoms with van der Waals surface area (Å²) in [4.78, 5) is 12.5. The van der Waals surface area contributed by atoms with E-state index in [1.54, 1.807) is 19.9 Å². The predicted octanol–water partition coefficient (Wildman–Crippen LogP) is 1.92. The minimum Gasteiger partial charge on any atom is -0.360 e. The van der Waals surface area contributed by atoms with Gasteiger partial charge >= 0.3 is 0 Å². The minimum atomic E-state index is -3.98. The van der Waals surface area contributed by atoms with Crippen molar-refractivity contribution in [1.82, 2.24) is 15.0 Å². The van der Waals surface area contributed by atoms with Gasteiger partial charge in [-0.05, 0) is 26.7 Å². The highest BCUT2D eigenvalue weighted by Crippen LogP contribution is 2.21. The lowest BCUT2D eigenvalue weighted by Crippen LogP contribution is -2.47. The molecule has 0 fully saturated rings. The third kappa shape index (κ3) is 4.26. The molecule has 1 amide bonds. The van der Waals surface area contributed by atoms with E-state index in [0.717, 1.165) is 0 Å². The fraction of sp³-hybridized carbons (Fsp3) is 0.533. The number of carbonyl (C=O) groups is 1. The largest absolute Gasteiger partial charge is 0.360 e. The third-order valence-electron chi connectivity index (χ3n) is 3.89. The molecule has 2 atom stereocenters. The van der Waals surface area contributed by atoms with E-state index in [9.17, 15) is 13.2 Å². The summed E-state index contributed by atoms with van der Waals surface area (Å²) in [6, 6.07) is 0.565. The van der Waals surface area contributed by atoms with Crippen LogP contribution in [0, 0.1) is 26.7 Å². The molecule has 10 heteroatoms. The number of aromatic nitrogens is 2. The van der Waals surface area contributed by atoms with Crippen LogP contribution >= 0.6 is 0 Å². The number of nitrogens with one attached hydrogen (secondary N) is 2. The molecule has 0 aliphatic rings. The highest BCUT2D eigenvalue weighted by atomic mass is 32.2. The molecule has 2 aromatic rings. The van der Waals surface area contributed by atoms with Crippen LogP contribution in [0.4, 0.5) is 5.82 Å². The summed E-state index contributed by atoms with van der Waals surface area (Å²) in [7, 11) is -3.98. The van der Waals surface area contributed by atoms with Crippen LogP contribution in [-0.2, 0) is 14.8 Å². The summed E-state index contributed by atoms with van der Waals surface area (Å²) in [5.41, 5.74) is 0.237. The highest BCUT2D eigenvalue weighted by Gasteiger charge is 2.33. The van der Waals surface area contributed by atoms with Crippen molar-refractivity contribution in [3.05, 3.63) is 23.3 Å². The van der Waals surface area contributed by atoms with Crippen LogP contribution < -0.4 is 10.0 Å². The van der Waals surface area contributed by atoms with Crippen molar-refractivity contribution in [2.24, 2.45) is 5.92 Å². The predicted molar refractivity (Wildman–Crippen MR) is 89.4 cm³/mol. The molecule has 0 spiro atoms. The van der Waals surface area contributed by atoms with Gasteiger partial charge in [0.25, 0.3) is 0 Å². The molecule has 9 nitrogen and oxygen atoms in total. The van der Waals surface area contributed by atoms with Gasteiger partial charge in [0, 0.05) is 6.07 Å². The molecule has 0 bridgehead atoms. The van der Waals surface area contributed by atoms with Gasteiger partial charge in [-0.15, -0.1) is 0 Å². The zero-order chi connectivity index (χ0) is 18.8. The molecular weight excluding hydrogens is 348 g/mol. The molecule has 0 saturated carbocycles. The SMILES string of the molecule is CCC(C)[C@H](NS(=O)(=O)c1c(C)noc1C)C(=O)Nc1cc(C)on1. The lowest BCUT2D eigenvalue weighted by Gasteiger charge is -2.22. The van der Waals surface area contributed by atoms with Gasteiger partial charge in [-0.3, -0.25) is 4.79 Å². The Bertz CT molecular complexity index is 836. The summed E-state index contributed by atoms with van der Waals surface area (Å²) in [5, 5.41) is 9.91. The standard InChI is InChI=1S/C15H22N4O5S/c1-6-8(2)13(15(20)16-12-7-9(3)23-18-12)19-25(21,22)14-10(4)17-24-11(14)5/h7-8,13,19H,6H2,1-5H3,(H,16,18,20)/t8?,13-/m0/s1. The second-order valence-electron chi connectivity index (χ2n) is 5.95. The number of nitrogens with zero attached hydrogens (tertiary/aromatic N) is 2. The minimum absolute atomic E-state index is 0.0501. The molecule has 0 saturated heterocycles. The maximum atomic E-state index is 12.7. The van der Waals surface area contributed by atoms with Crippen LogP contribution in [0.2, 0.25) is 0 Å². The molecule has 0 radical (unpaired) electrons. The smallest absolute Gasteiger partial charge is 0.246 e. The average Bonchev–Trinajstić information content (AvgIpc) is 3.09. The Morgan fingerprint density at radius 3 is 2.40 bits per heavy atom. The topological polar surface area (TPSA) is 127 Å². The Morgan fingerprint density at radius 2 is 1.92 bits per heavy atom. The van der Waals surface area contributed by atoms with Crippen molar-refractivity contribution in [2.45, 2.75) is 52.0 Å². The second-order valence-corrected chi connectivity index (χ2v) is 7.60. The normalized spacial score (nSPS) is 14.3. The second kappa shape index (κ2) is 7.36. The third-order valence-corrected chi connectivity index (χ3v) is 5.58. The lowest BCUT2D eigenvalue weighted by molar-refractivity contribution is -0.118. The molecular formula is C15H22N4O5S. The zero-order valence-electron chi connectivity index (χ0n) is 14.8. The molecule has 0 aliphatic heterocycles. The van der Waals surface area contributed by atoms with E-state index in [1.807, 2.05) is 6.92 Å². The molecule has 25 heavy (non-hydrogen) atoms. The summed E-state index contributed by atoms with van der Waals surface area (Å²) < 4.78 is 37.7. The van der Waals surface area contributed by atoms with E-state index >= 15 is 0 Å². The van der Waals surface area contributed by atoms with Crippen molar-refractivity contribution in [2.75, 3.05) is 5.32 Å². The molecule has 2 N–H and O–H groups in total. The van der Waals surface area contributed by atoms with E-state index in [1.165, 1.54) is 13.8 Å². The fourth-order valence-corrected chi connectivity index (χ4v) is 4.01. The Kier molecular flexibility index (Phi) is 5.63.